The Morgan fingerprint density at radius 1 is 0.970 bits per heavy atom. The molecule has 6 nitrogen and oxygen atoms in total. The Balaban J connectivity index is 1.49. The maximum Gasteiger partial charge on any atom is 0.212 e. The summed E-state index contributed by atoms with van der Waals surface area (Å²) >= 11 is 13.5. The summed E-state index contributed by atoms with van der Waals surface area (Å²) in [7, 11) is 1.61. The second-order valence-corrected chi connectivity index (χ2v) is 8.73. The first kappa shape index (κ1) is 23.2. The van der Waals surface area contributed by atoms with E-state index in [1.165, 1.54) is 11.8 Å². The Labute approximate surface area is 206 Å². The molecule has 168 valence electrons. The van der Waals surface area contributed by atoms with E-state index in [1.807, 2.05) is 66.7 Å². The molecule has 0 bridgehead atoms. The molecule has 0 N–H and O–H groups in total. The van der Waals surface area contributed by atoms with Gasteiger partial charge in [-0.15, -0.1) is 10.2 Å². The van der Waals surface area contributed by atoms with Crippen LogP contribution in [0.25, 0.3) is 0 Å². The van der Waals surface area contributed by atoms with Gasteiger partial charge in [0.15, 0.2) is 11.5 Å². The predicted octanol–water partition coefficient (Wildman–Crippen LogP) is 6.35. The summed E-state index contributed by atoms with van der Waals surface area (Å²) in [6.07, 6.45) is 3.27. The molecule has 0 aliphatic carbocycles. The van der Waals surface area contributed by atoms with Crippen LogP contribution >= 0.6 is 35.0 Å². The van der Waals surface area contributed by atoms with Gasteiger partial charge in [-0.05, 0) is 47.5 Å². The van der Waals surface area contributed by atoms with E-state index >= 15 is 0 Å². The fourth-order valence-electron chi connectivity index (χ4n) is 2.93. The number of methoxy groups -OCH3 is 1. The average Bonchev–Trinajstić information content (AvgIpc) is 3.29. The molecule has 33 heavy (non-hydrogen) atoms. The summed E-state index contributed by atoms with van der Waals surface area (Å²) in [5.74, 6) is 1.94. The number of thioether (sulfide) groups is 1. The largest absolute Gasteiger partial charge is 0.493 e. The molecule has 1 aromatic heterocycles. The normalized spacial score (nSPS) is 11.1. The molecule has 0 saturated carbocycles. The van der Waals surface area contributed by atoms with Gasteiger partial charge in [-0.25, -0.2) is 0 Å². The molecule has 0 radical (unpaired) electrons. The highest BCUT2D eigenvalue weighted by molar-refractivity contribution is 7.98. The molecule has 0 fully saturated rings. The highest BCUT2D eigenvalue weighted by Gasteiger charge is 2.11. The van der Waals surface area contributed by atoms with E-state index in [-0.39, 0.29) is 0 Å². The van der Waals surface area contributed by atoms with Gasteiger partial charge in [-0.3, -0.25) is 0 Å². The van der Waals surface area contributed by atoms with Gasteiger partial charge in [-0.1, -0.05) is 65.3 Å². The van der Waals surface area contributed by atoms with Gasteiger partial charge < -0.3 is 9.47 Å². The highest BCUT2D eigenvalue weighted by Crippen LogP contribution is 2.31. The number of ether oxygens (including phenoxy) is 2. The van der Waals surface area contributed by atoms with E-state index in [9.17, 15) is 0 Å². The van der Waals surface area contributed by atoms with Crippen LogP contribution in [0.5, 0.6) is 11.5 Å². The van der Waals surface area contributed by atoms with Gasteiger partial charge in [0.2, 0.25) is 5.16 Å². The first-order valence-corrected chi connectivity index (χ1v) is 11.7. The topological polar surface area (TPSA) is 61.5 Å². The van der Waals surface area contributed by atoms with Crippen LogP contribution in [-0.4, -0.2) is 28.2 Å². The van der Waals surface area contributed by atoms with E-state index in [2.05, 4.69) is 15.3 Å². The maximum atomic E-state index is 6.08. The molecule has 0 saturated heterocycles. The van der Waals surface area contributed by atoms with Gasteiger partial charge >= 0.3 is 0 Å². The third-order valence-corrected chi connectivity index (χ3v) is 6.14. The summed E-state index contributed by atoms with van der Waals surface area (Å²) in [4.78, 5) is 0. The molecule has 0 aliphatic heterocycles. The summed E-state index contributed by atoms with van der Waals surface area (Å²) in [5, 5.41) is 14.8. The number of rotatable bonds is 9. The van der Waals surface area contributed by atoms with Crippen LogP contribution in [0, 0.1) is 0 Å². The monoisotopic (exact) mass is 498 g/mol. The summed E-state index contributed by atoms with van der Waals surface area (Å²) in [6.45, 7) is 0.368. The molecule has 0 spiro atoms. The lowest BCUT2D eigenvalue weighted by Crippen LogP contribution is -2.01. The lowest BCUT2D eigenvalue weighted by atomic mass is 10.2. The first-order valence-electron chi connectivity index (χ1n) is 9.98. The lowest BCUT2D eigenvalue weighted by molar-refractivity contribution is 0.284. The fourth-order valence-corrected chi connectivity index (χ4v) is 4.00. The Morgan fingerprint density at radius 3 is 2.36 bits per heavy atom. The Morgan fingerprint density at radius 2 is 1.67 bits per heavy atom. The van der Waals surface area contributed by atoms with Gasteiger partial charge in [-0.2, -0.15) is 9.78 Å². The average molecular weight is 499 g/mol. The number of para-hydroxylation sites is 1. The second-order valence-electron chi connectivity index (χ2n) is 6.91. The van der Waals surface area contributed by atoms with Crippen molar-refractivity contribution in [1.82, 2.24) is 14.9 Å². The van der Waals surface area contributed by atoms with Crippen LogP contribution < -0.4 is 9.47 Å². The predicted molar refractivity (Wildman–Crippen MR) is 133 cm³/mol. The zero-order valence-electron chi connectivity index (χ0n) is 17.7. The maximum absolute atomic E-state index is 6.08. The molecule has 3 aromatic carbocycles. The third kappa shape index (κ3) is 6.28. The Bertz CT molecular complexity index is 1230. The van der Waals surface area contributed by atoms with Gasteiger partial charge in [0.1, 0.15) is 12.9 Å². The number of aromatic nitrogens is 3. The van der Waals surface area contributed by atoms with Crippen molar-refractivity contribution < 1.29 is 9.47 Å². The minimum atomic E-state index is 0.368. The van der Waals surface area contributed by atoms with Crippen molar-refractivity contribution in [1.29, 1.82) is 0 Å². The Hall–Kier alpha value is -3.00. The summed E-state index contributed by atoms with van der Waals surface area (Å²) in [6, 6.07) is 20.9. The minimum Gasteiger partial charge on any atom is -0.493 e. The number of hydrogen-bond donors (Lipinski definition) is 0. The van der Waals surface area contributed by atoms with Crippen molar-refractivity contribution in [3.8, 4) is 11.5 Å². The second kappa shape index (κ2) is 11.2. The summed E-state index contributed by atoms with van der Waals surface area (Å²) < 4.78 is 13.2. The quantitative estimate of drug-likeness (QED) is 0.199. The van der Waals surface area contributed by atoms with Crippen LogP contribution in [0.4, 0.5) is 0 Å². The fraction of sp³-hybridized carbons (Fsp3) is 0.125. The third-order valence-electron chi connectivity index (χ3n) is 4.63. The molecular weight excluding hydrogens is 479 g/mol. The van der Waals surface area contributed by atoms with E-state index < -0.39 is 0 Å². The van der Waals surface area contributed by atoms with Crippen LogP contribution in [0.2, 0.25) is 10.0 Å². The number of benzene rings is 3. The molecule has 0 aliphatic rings. The number of nitrogens with zero attached hydrogens (tertiary/aromatic N) is 4. The van der Waals surface area contributed by atoms with Crippen LogP contribution in [0.15, 0.2) is 83.3 Å². The molecule has 9 heteroatoms. The zero-order chi connectivity index (χ0) is 23.0. The first-order chi connectivity index (χ1) is 16.1. The van der Waals surface area contributed by atoms with Crippen LogP contribution in [0.3, 0.4) is 0 Å². The molecule has 0 atom stereocenters. The number of halogens is 2. The van der Waals surface area contributed by atoms with Crippen molar-refractivity contribution in [3.05, 3.63) is 99.8 Å². The number of hydrogen-bond acceptors (Lipinski definition) is 6. The standard InChI is InChI=1S/C24H20Cl2N4O2S/c1-31-22-4-2-3-19(23(22)32-14-17-5-9-20(25)10-6-17)13-28-30-16-27-29-24(30)33-15-18-7-11-21(26)12-8-18/h2-13,16H,14-15H2,1H3/b28-13+. The highest BCUT2D eigenvalue weighted by atomic mass is 35.5. The summed E-state index contributed by atoms with van der Waals surface area (Å²) in [5.41, 5.74) is 2.90. The smallest absolute Gasteiger partial charge is 0.212 e. The SMILES string of the molecule is COc1cccc(/C=N/n2cnnc2SCc2ccc(Cl)cc2)c1OCc1ccc(Cl)cc1. The zero-order valence-corrected chi connectivity index (χ0v) is 20.0. The van der Waals surface area contributed by atoms with E-state index in [4.69, 9.17) is 32.7 Å². The van der Waals surface area contributed by atoms with Crippen LogP contribution in [-0.2, 0) is 12.4 Å². The molecule has 4 aromatic rings. The minimum absolute atomic E-state index is 0.368. The van der Waals surface area contributed by atoms with Crippen molar-refractivity contribution in [2.45, 2.75) is 17.5 Å². The van der Waals surface area contributed by atoms with E-state index in [1.54, 1.807) is 24.3 Å². The molecule has 1 heterocycles. The van der Waals surface area contributed by atoms with Crippen molar-refractivity contribution >= 4 is 41.2 Å². The van der Waals surface area contributed by atoms with Crippen molar-refractivity contribution in [2.75, 3.05) is 7.11 Å². The Kier molecular flexibility index (Phi) is 7.88. The molecule has 4 rings (SSSR count). The van der Waals surface area contributed by atoms with E-state index in [0.29, 0.717) is 33.3 Å². The molecule has 0 amide bonds. The van der Waals surface area contributed by atoms with Crippen LogP contribution in [0.1, 0.15) is 16.7 Å². The molecular formula is C24H20Cl2N4O2S. The van der Waals surface area contributed by atoms with Crippen molar-refractivity contribution in [3.63, 3.8) is 0 Å². The molecule has 0 unspecified atom stereocenters. The van der Waals surface area contributed by atoms with Gasteiger partial charge in [0, 0.05) is 21.4 Å². The van der Waals surface area contributed by atoms with Gasteiger partial charge in [0.25, 0.3) is 0 Å². The van der Waals surface area contributed by atoms with E-state index in [0.717, 1.165) is 22.4 Å². The lowest BCUT2D eigenvalue weighted by Gasteiger charge is -2.13. The van der Waals surface area contributed by atoms with Crippen molar-refractivity contribution in [2.24, 2.45) is 5.10 Å². The van der Waals surface area contributed by atoms with Gasteiger partial charge in [0.05, 0.1) is 13.3 Å².